The average molecular weight is 261 g/mol. The summed E-state index contributed by atoms with van der Waals surface area (Å²) in [6.07, 6.45) is 0. The Labute approximate surface area is 108 Å². The number of aromatic hydroxyl groups is 1. The van der Waals surface area contributed by atoms with Crippen molar-refractivity contribution in [3.63, 3.8) is 0 Å². The van der Waals surface area contributed by atoms with Gasteiger partial charge in [0.25, 0.3) is 5.69 Å². The largest absolute Gasteiger partial charge is 0.508 e. The molecule has 2 aromatic carbocycles. The van der Waals surface area contributed by atoms with E-state index in [0.29, 0.717) is 5.56 Å². The Morgan fingerprint density at radius 1 is 1.11 bits per heavy atom. The first kappa shape index (κ1) is 12.4. The third kappa shape index (κ3) is 2.81. The number of phenols is 1. The van der Waals surface area contributed by atoms with Gasteiger partial charge in [0.05, 0.1) is 4.92 Å². The van der Waals surface area contributed by atoms with Gasteiger partial charge in [0.2, 0.25) is 0 Å². The zero-order valence-electron chi connectivity index (χ0n) is 9.66. The van der Waals surface area contributed by atoms with Crippen LogP contribution in [0.4, 0.5) is 5.69 Å². The fourth-order valence-electron chi connectivity index (χ4n) is 1.50. The summed E-state index contributed by atoms with van der Waals surface area (Å²) in [6.45, 7) is 1.72. The highest BCUT2D eigenvalue weighted by Crippen LogP contribution is 2.32. The molecule has 0 aliphatic carbocycles. The van der Waals surface area contributed by atoms with Crippen LogP contribution < -0.4 is 0 Å². The Bertz CT molecular complexity index is 581. The summed E-state index contributed by atoms with van der Waals surface area (Å²) in [6, 6.07) is 11.9. The third-order valence-electron chi connectivity index (χ3n) is 2.45. The highest BCUT2D eigenvalue weighted by molar-refractivity contribution is 7.99. The van der Waals surface area contributed by atoms with Crippen molar-refractivity contribution < 1.29 is 10.0 Å². The summed E-state index contributed by atoms with van der Waals surface area (Å²) in [5.41, 5.74) is 0.772. The molecule has 2 rings (SSSR count). The zero-order chi connectivity index (χ0) is 13.1. The molecule has 0 aliphatic heterocycles. The van der Waals surface area contributed by atoms with E-state index in [0.717, 1.165) is 9.79 Å². The second-order valence-corrected chi connectivity index (χ2v) is 4.95. The molecule has 0 saturated carbocycles. The molecule has 0 aromatic heterocycles. The topological polar surface area (TPSA) is 63.4 Å². The predicted molar refractivity (Wildman–Crippen MR) is 70.1 cm³/mol. The zero-order valence-corrected chi connectivity index (χ0v) is 10.5. The molecule has 0 atom stereocenters. The summed E-state index contributed by atoms with van der Waals surface area (Å²) < 4.78 is 0. The van der Waals surface area contributed by atoms with Crippen LogP contribution in [0.1, 0.15) is 5.56 Å². The summed E-state index contributed by atoms with van der Waals surface area (Å²) in [7, 11) is 0. The molecule has 18 heavy (non-hydrogen) atoms. The highest BCUT2D eigenvalue weighted by Gasteiger charge is 2.11. The molecule has 0 bridgehead atoms. The minimum Gasteiger partial charge on any atom is -0.508 e. The number of aryl methyl sites for hydroxylation is 1. The lowest BCUT2D eigenvalue weighted by atomic mass is 10.2. The molecule has 4 nitrogen and oxygen atoms in total. The van der Waals surface area contributed by atoms with Gasteiger partial charge in [-0.2, -0.15) is 0 Å². The lowest BCUT2D eigenvalue weighted by Crippen LogP contribution is -1.91. The predicted octanol–water partition coefficient (Wildman–Crippen LogP) is 3.76. The van der Waals surface area contributed by atoms with E-state index < -0.39 is 0 Å². The molecule has 5 heteroatoms. The third-order valence-corrected chi connectivity index (χ3v) is 3.45. The molecular formula is C13H11NO3S. The van der Waals surface area contributed by atoms with Crippen LogP contribution in [-0.2, 0) is 0 Å². The van der Waals surface area contributed by atoms with E-state index in [1.807, 2.05) is 6.07 Å². The molecule has 0 radical (unpaired) electrons. The van der Waals surface area contributed by atoms with E-state index in [2.05, 4.69) is 0 Å². The van der Waals surface area contributed by atoms with Gasteiger partial charge >= 0.3 is 0 Å². The molecule has 0 aliphatic rings. The summed E-state index contributed by atoms with van der Waals surface area (Å²) >= 11 is 1.42. The molecule has 2 aromatic rings. The van der Waals surface area contributed by atoms with E-state index in [1.165, 1.54) is 11.8 Å². The van der Waals surface area contributed by atoms with Crippen LogP contribution in [0.25, 0.3) is 0 Å². The maximum absolute atomic E-state index is 10.8. The first-order valence-corrected chi connectivity index (χ1v) is 6.10. The van der Waals surface area contributed by atoms with Gasteiger partial charge in [-0.3, -0.25) is 10.1 Å². The van der Waals surface area contributed by atoms with Crippen molar-refractivity contribution in [3.8, 4) is 5.75 Å². The molecule has 0 fully saturated rings. The number of hydrogen-bond acceptors (Lipinski definition) is 4. The molecule has 0 spiro atoms. The number of nitro groups is 1. The highest BCUT2D eigenvalue weighted by atomic mass is 32.2. The first-order chi connectivity index (χ1) is 8.56. The fraction of sp³-hybridized carbons (Fsp3) is 0.0769. The van der Waals surface area contributed by atoms with Crippen molar-refractivity contribution >= 4 is 17.4 Å². The maximum atomic E-state index is 10.8. The Hall–Kier alpha value is -2.01. The average Bonchev–Trinajstić information content (AvgIpc) is 2.34. The van der Waals surface area contributed by atoms with Gasteiger partial charge in [-0.15, -0.1) is 0 Å². The minimum atomic E-state index is -0.379. The number of phenolic OH excluding ortho intramolecular Hbond substituents is 1. The molecular weight excluding hydrogens is 250 g/mol. The lowest BCUT2D eigenvalue weighted by molar-refractivity contribution is -0.385. The second-order valence-electron chi connectivity index (χ2n) is 3.80. The number of nitrogens with zero attached hydrogens (tertiary/aromatic N) is 1. The van der Waals surface area contributed by atoms with Crippen LogP contribution in [0.2, 0.25) is 0 Å². The SMILES string of the molecule is Cc1ccc(Sc2ccc(O)cc2)cc1[N+](=O)[O-]. The van der Waals surface area contributed by atoms with Gasteiger partial charge in [-0.25, -0.2) is 0 Å². The Kier molecular flexibility index (Phi) is 3.53. The van der Waals surface area contributed by atoms with Gasteiger partial charge in [-0.05, 0) is 37.3 Å². The van der Waals surface area contributed by atoms with Crippen molar-refractivity contribution in [1.82, 2.24) is 0 Å². The number of rotatable bonds is 3. The van der Waals surface area contributed by atoms with Gasteiger partial charge < -0.3 is 5.11 Å². The van der Waals surface area contributed by atoms with Gasteiger partial charge in [0.15, 0.2) is 0 Å². The van der Waals surface area contributed by atoms with E-state index >= 15 is 0 Å². The first-order valence-electron chi connectivity index (χ1n) is 5.28. The lowest BCUT2D eigenvalue weighted by Gasteiger charge is -2.03. The van der Waals surface area contributed by atoms with Crippen LogP contribution in [0.3, 0.4) is 0 Å². The fourth-order valence-corrected chi connectivity index (χ4v) is 2.35. The minimum absolute atomic E-state index is 0.124. The second kappa shape index (κ2) is 5.10. The smallest absolute Gasteiger partial charge is 0.273 e. The van der Waals surface area contributed by atoms with Crippen LogP contribution in [0, 0.1) is 17.0 Å². The molecule has 0 saturated heterocycles. The van der Waals surface area contributed by atoms with Crippen molar-refractivity contribution in [1.29, 1.82) is 0 Å². The maximum Gasteiger partial charge on any atom is 0.273 e. The quantitative estimate of drug-likeness (QED) is 0.675. The van der Waals surface area contributed by atoms with E-state index in [1.54, 1.807) is 43.3 Å². The van der Waals surface area contributed by atoms with Gasteiger partial charge in [0, 0.05) is 21.4 Å². The van der Waals surface area contributed by atoms with E-state index in [-0.39, 0.29) is 16.4 Å². The summed E-state index contributed by atoms with van der Waals surface area (Å²) in [5, 5.41) is 20.0. The van der Waals surface area contributed by atoms with Crippen molar-refractivity contribution in [2.45, 2.75) is 16.7 Å². The van der Waals surface area contributed by atoms with Crippen LogP contribution in [-0.4, -0.2) is 10.0 Å². The normalized spacial score (nSPS) is 10.3. The molecule has 92 valence electrons. The Morgan fingerprint density at radius 2 is 1.72 bits per heavy atom. The van der Waals surface area contributed by atoms with E-state index in [4.69, 9.17) is 0 Å². The number of nitro benzene ring substituents is 1. The van der Waals surface area contributed by atoms with E-state index in [9.17, 15) is 15.2 Å². The Balaban J connectivity index is 2.27. The van der Waals surface area contributed by atoms with Crippen LogP contribution >= 0.6 is 11.8 Å². The molecule has 0 heterocycles. The van der Waals surface area contributed by atoms with Crippen LogP contribution in [0.5, 0.6) is 5.75 Å². The number of benzene rings is 2. The van der Waals surface area contributed by atoms with Crippen molar-refractivity contribution in [2.75, 3.05) is 0 Å². The van der Waals surface area contributed by atoms with Gasteiger partial charge in [-0.1, -0.05) is 17.8 Å². The van der Waals surface area contributed by atoms with Crippen molar-refractivity contribution in [3.05, 3.63) is 58.1 Å². The Morgan fingerprint density at radius 3 is 2.33 bits per heavy atom. The summed E-state index contributed by atoms with van der Waals surface area (Å²) in [4.78, 5) is 12.2. The van der Waals surface area contributed by atoms with Crippen molar-refractivity contribution in [2.24, 2.45) is 0 Å². The van der Waals surface area contributed by atoms with Gasteiger partial charge in [0.1, 0.15) is 5.75 Å². The molecule has 1 N–H and O–H groups in total. The standard InChI is InChI=1S/C13H11NO3S/c1-9-2-5-12(8-13(9)14(16)17)18-11-6-3-10(15)4-7-11/h2-8,15H,1H3. The summed E-state index contributed by atoms with van der Waals surface area (Å²) in [5.74, 6) is 0.203. The van der Waals surface area contributed by atoms with Crippen LogP contribution in [0.15, 0.2) is 52.3 Å². The molecule has 0 amide bonds. The number of hydrogen-bond donors (Lipinski definition) is 1. The molecule has 0 unspecified atom stereocenters. The monoisotopic (exact) mass is 261 g/mol.